The van der Waals surface area contributed by atoms with Crippen LogP contribution in [-0.4, -0.2) is 17.7 Å². The molecule has 0 saturated heterocycles. The lowest BCUT2D eigenvalue weighted by molar-refractivity contribution is -0.143. The number of halogens is 1. The first-order valence-electron chi connectivity index (χ1n) is 5.12. The summed E-state index contributed by atoms with van der Waals surface area (Å²) in [6.45, 7) is 3.98. The predicted octanol–water partition coefficient (Wildman–Crippen LogP) is 3.18. The van der Waals surface area contributed by atoms with Gasteiger partial charge in [-0.25, -0.2) is 0 Å². The molecule has 0 radical (unpaired) electrons. The van der Waals surface area contributed by atoms with Crippen LogP contribution < -0.4 is 4.74 Å². The van der Waals surface area contributed by atoms with Crippen molar-refractivity contribution in [2.75, 3.05) is 6.61 Å². The third-order valence-corrected chi connectivity index (χ3v) is 3.10. The van der Waals surface area contributed by atoms with E-state index in [1.165, 1.54) is 0 Å². The third-order valence-electron chi connectivity index (χ3n) is 2.57. The quantitative estimate of drug-likeness (QED) is 0.904. The molecule has 0 bridgehead atoms. The fraction of sp³-hybridized carbons (Fsp3) is 0.417. The number of ether oxygens (including phenoxy) is 1. The van der Waals surface area contributed by atoms with Crippen LogP contribution in [0.1, 0.15) is 13.8 Å². The Morgan fingerprint density at radius 2 is 1.94 bits per heavy atom. The van der Waals surface area contributed by atoms with Crippen molar-refractivity contribution in [3.8, 4) is 5.75 Å². The lowest BCUT2D eigenvalue weighted by Gasteiger charge is -2.16. The summed E-state index contributed by atoms with van der Waals surface area (Å²) in [4.78, 5) is 10.7. The van der Waals surface area contributed by atoms with Crippen LogP contribution in [0.5, 0.6) is 5.75 Å². The van der Waals surface area contributed by atoms with Gasteiger partial charge in [0, 0.05) is 10.4 Å². The molecule has 1 N–H and O–H groups in total. The third kappa shape index (κ3) is 3.85. The molecule has 4 heteroatoms. The SMILES string of the molecule is CC(C(=O)O)[C@@H](C)COc1ccc(Br)cc1. The lowest BCUT2D eigenvalue weighted by Crippen LogP contribution is -2.23. The van der Waals surface area contributed by atoms with E-state index in [1.54, 1.807) is 6.92 Å². The van der Waals surface area contributed by atoms with Gasteiger partial charge in [-0.05, 0) is 24.3 Å². The largest absolute Gasteiger partial charge is 0.493 e. The maximum atomic E-state index is 10.7. The highest BCUT2D eigenvalue weighted by Gasteiger charge is 2.19. The number of hydrogen-bond donors (Lipinski definition) is 1. The summed E-state index contributed by atoms with van der Waals surface area (Å²) in [5, 5.41) is 8.82. The van der Waals surface area contributed by atoms with E-state index in [4.69, 9.17) is 9.84 Å². The van der Waals surface area contributed by atoms with Gasteiger partial charge in [0.25, 0.3) is 0 Å². The van der Waals surface area contributed by atoms with Crippen LogP contribution in [0.2, 0.25) is 0 Å². The molecule has 0 saturated carbocycles. The van der Waals surface area contributed by atoms with Crippen molar-refractivity contribution in [3.05, 3.63) is 28.7 Å². The van der Waals surface area contributed by atoms with Crippen LogP contribution in [0.15, 0.2) is 28.7 Å². The van der Waals surface area contributed by atoms with Crippen LogP contribution in [0.4, 0.5) is 0 Å². The number of hydrogen-bond acceptors (Lipinski definition) is 2. The Hall–Kier alpha value is -1.03. The van der Waals surface area contributed by atoms with Gasteiger partial charge < -0.3 is 9.84 Å². The van der Waals surface area contributed by atoms with Gasteiger partial charge in [-0.2, -0.15) is 0 Å². The molecule has 0 aromatic heterocycles. The molecule has 2 atom stereocenters. The van der Waals surface area contributed by atoms with E-state index >= 15 is 0 Å². The highest BCUT2D eigenvalue weighted by Crippen LogP contribution is 2.18. The molecule has 1 unspecified atom stereocenters. The minimum Gasteiger partial charge on any atom is -0.493 e. The number of aliphatic carboxylic acids is 1. The lowest BCUT2D eigenvalue weighted by atomic mass is 9.97. The number of benzene rings is 1. The molecule has 16 heavy (non-hydrogen) atoms. The summed E-state index contributed by atoms with van der Waals surface area (Å²) in [6.07, 6.45) is 0. The first kappa shape index (κ1) is 13.0. The van der Waals surface area contributed by atoms with E-state index in [-0.39, 0.29) is 5.92 Å². The highest BCUT2D eigenvalue weighted by molar-refractivity contribution is 9.10. The molecule has 0 aliphatic heterocycles. The van der Waals surface area contributed by atoms with E-state index in [9.17, 15) is 4.79 Å². The summed E-state index contributed by atoms with van der Waals surface area (Å²) in [7, 11) is 0. The average Bonchev–Trinajstić information content (AvgIpc) is 2.26. The second-order valence-corrected chi connectivity index (χ2v) is 4.78. The van der Waals surface area contributed by atoms with Crippen molar-refractivity contribution in [3.63, 3.8) is 0 Å². The molecule has 0 spiro atoms. The van der Waals surface area contributed by atoms with E-state index in [0.717, 1.165) is 10.2 Å². The van der Waals surface area contributed by atoms with E-state index in [0.29, 0.717) is 6.61 Å². The normalized spacial score (nSPS) is 14.2. The Balaban J connectivity index is 2.45. The van der Waals surface area contributed by atoms with Crippen molar-refractivity contribution in [1.82, 2.24) is 0 Å². The number of rotatable bonds is 5. The fourth-order valence-electron chi connectivity index (χ4n) is 1.15. The molecule has 1 rings (SSSR count). The molecule has 0 fully saturated rings. The van der Waals surface area contributed by atoms with Crippen LogP contribution in [0.25, 0.3) is 0 Å². The zero-order valence-corrected chi connectivity index (χ0v) is 10.9. The Morgan fingerprint density at radius 3 is 2.44 bits per heavy atom. The molecule has 0 aliphatic rings. The van der Waals surface area contributed by atoms with Crippen molar-refractivity contribution in [2.24, 2.45) is 11.8 Å². The molecular formula is C12H15BrO3. The van der Waals surface area contributed by atoms with Gasteiger partial charge in [0.2, 0.25) is 0 Å². The van der Waals surface area contributed by atoms with Crippen molar-refractivity contribution < 1.29 is 14.6 Å². The number of carboxylic acid groups (broad SMARTS) is 1. The van der Waals surface area contributed by atoms with Crippen LogP contribution in [0, 0.1) is 11.8 Å². The average molecular weight is 287 g/mol. The highest BCUT2D eigenvalue weighted by atomic mass is 79.9. The number of carbonyl (C=O) groups is 1. The minimum absolute atomic E-state index is 0.0128. The van der Waals surface area contributed by atoms with Crippen molar-refractivity contribution in [2.45, 2.75) is 13.8 Å². The Morgan fingerprint density at radius 1 is 1.38 bits per heavy atom. The van der Waals surface area contributed by atoms with Gasteiger partial charge >= 0.3 is 5.97 Å². The van der Waals surface area contributed by atoms with E-state index in [1.807, 2.05) is 31.2 Å². The monoisotopic (exact) mass is 286 g/mol. The summed E-state index contributed by atoms with van der Waals surface area (Å²) >= 11 is 3.33. The van der Waals surface area contributed by atoms with Gasteiger partial charge in [0.1, 0.15) is 5.75 Å². The van der Waals surface area contributed by atoms with Crippen LogP contribution >= 0.6 is 15.9 Å². The smallest absolute Gasteiger partial charge is 0.306 e. The Labute approximate surface area is 104 Å². The van der Waals surface area contributed by atoms with Gasteiger partial charge in [-0.15, -0.1) is 0 Å². The molecular weight excluding hydrogens is 272 g/mol. The first-order chi connectivity index (χ1) is 7.50. The van der Waals surface area contributed by atoms with E-state index in [2.05, 4.69) is 15.9 Å². The molecule has 3 nitrogen and oxygen atoms in total. The van der Waals surface area contributed by atoms with Gasteiger partial charge in [-0.3, -0.25) is 4.79 Å². The Kier molecular flexibility index (Phi) is 4.80. The maximum Gasteiger partial charge on any atom is 0.306 e. The summed E-state index contributed by atoms with van der Waals surface area (Å²) in [6, 6.07) is 7.48. The van der Waals surface area contributed by atoms with Crippen molar-refractivity contribution in [1.29, 1.82) is 0 Å². The number of carboxylic acids is 1. The Bertz CT molecular complexity index is 348. The molecule has 0 heterocycles. The molecule has 88 valence electrons. The van der Waals surface area contributed by atoms with Crippen LogP contribution in [0.3, 0.4) is 0 Å². The van der Waals surface area contributed by atoms with Crippen LogP contribution in [-0.2, 0) is 4.79 Å². The minimum atomic E-state index is -0.785. The summed E-state index contributed by atoms with van der Waals surface area (Å²) in [5.74, 6) is -0.434. The fourth-order valence-corrected chi connectivity index (χ4v) is 1.41. The molecule has 0 amide bonds. The predicted molar refractivity (Wildman–Crippen MR) is 65.6 cm³/mol. The molecule has 1 aromatic rings. The van der Waals surface area contributed by atoms with E-state index < -0.39 is 11.9 Å². The second kappa shape index (κ2) is 5.89. The molecule has 0 aliphatic carbocycles. The van der Waals surface area contributed by atoms with Crippen molar-refractivity contribution >= 4 is 21.9 Å². The standard InChI is InChI=1S/C12H15BrO3/c1-8(9(2)12(14)15)7-16-11-5-3-10(13)4-6-11/h3-6,8-9H,7H2,1-2H3,(H,14,15)/t8-,9?/m0/s1. The first-order valence-corrected chi connectivity index (χ1v) is 5.91. The second-order valence-electron chi connectivity index (χ2n) is 3.87. The van der Waals surface area contributed by atoms with Gasteiger partial charge in [0.15, 0.2) is 0 Å². The topological polar surface area (TPSA) is 46.5 Å². The zero-order chi connectivity index (χ0) is 12.1. The zero-order valence-electron chi connectivity index (χ0n) is 9.31. The molecule has 1 aromatic carbocycles. The van der Waals surface area contributed by atoms with Gasteiger partial charge in [0.05, 0.1) is 12.5 Å². The summed E-state index contributed by atoms with van der Waals surface area (Å²) < 4.78 is 6.50. The maximum absolute atomic E-state index is 10.7. The van der Waals surface area contributed by atoms with Gasteiger partial charge in [-0.1, -0.05) is 29.8 Å². The summed E-state index contributed by atoms with van der Waals surface area (Å²) in [5.41, 5.74) is 0.